The van der Waals surface area contributed by atoms with Crippen molar-refractivity contribution >= 4 is 15.9 Å². The summed E-state index contributed by atoms with van der Waals surface area (Å²) in [6, 6.07) is 0. The molecule has 0 saturated heterocycles. The molecule has 0 aromatic heterocycles. The van der Waals surface area contributed by atoms with Crippen LogP contribution in [0.5, 0.6) is 0 Å². The van der Waals surface area contributed by atoms with Gasteiger partial charge in [0.15, 0.2) is 0 Å². The van der Waals surface area contributed by atoms with E-state index >= 15 is 0 Å². The van der Waals surface area contributed by atoms with E-state index in [1.807, 2.05) is 13.8 Å². The third kappa shape index (κ3) is 4.80. The largest absolute Gasteiger partial charge is 0.269 e. The minimum Gasteiger partial charge on any atom is -0.269 e. The Kier molecular flexibility index (Phi) is 6.07. The van der Waals surface area contributed by atoms with Gasteiger partial charge in [-0.15, -0.1) is 0 Å². The molecule has 0 fully saturated rings. The molecule has 4 nitrogen and oxygen atoms in total. The van der Waals surface area contributed by atoms with Gasteiger partial charge in [-0.25, -0.2) is 13.1 Å². The summed E-state index contributed by atoms with van der Waals surface area (Å²) in [5.41, 5.74) is 0.330. The Bertz CT molecular complexity index is 400. The fourth-order valence-electron chi connectivity index (χ4n) is 1.37. The zero-order valence-corrected chi connectivity index (χ0v) is 12.9. The summed E-state index contributed by atoms with van der Waals surface area (Å²) in [4.78, 5) is 11.8. The zero-order valence-electron chi connectivity index (χ0n) is 12.0. The Labute approximate surface area is 111 Å². The molecule has 5 heteroatoms. The topological polar surface area (TPSA) is 63.2 Å². The van der Waals surface area contributed by atoms with Crippen LogP contribution in [0.3, 0.4) is 0 Å². The Hall–Kier alpha value is -0.840. The summed E-state index contributed by atoms with van der Waals surface area (Å²) in [5, 5.41) is 0. The molecule has 0 heterocycles. The summed E-state index contributed by atoms with van der Waals surface area (Å²) in [6.45, 7) is 12.4. The summed E-state index contributed by atoms with van der Waals surface area (Å²) in [5.74, 6) is -0.211. The summed E-state index contributed by atoms with van der Waals surface area (Å²) >= 11 is 0. The molecule has 0 unspecified atom stereocenters. The van der Waals surface area contributed by atoms with Gasteiger partial charge in [-0.1, -0.05) is 33.3 Å². The van der Waals surface area contributed by atoms with E-state index in [-0.39, 0.29) is 0 Å². The van der Waals surface area contributed by atoms with Crippen LogP contribution in [0.25, 0.3) is 0 Å². The molecule has 0 bridgehead atoms. The van der Waals surface area contributed by atoms with Gasteiger partial charge in [0.05, 0.1) is 4.75 Å². The molecule has 106 valence electrons. The fraction of sp³-hybridized carbons (Fsp3) is 0.769. The quantitative estimate of drug-likeness (QED) is 0.758. The van der Waals surface area contributed by atoms with Gasteiger partial charge in [0, 0.05) is 5.57 Å². The lowest BCUT2D eigenvalue weighted by Gasteiger charge is -2.20. The van der Waals surface area contributed by atoms with Crippen molar-refractivity contribution < 1.29 is 13.2 Å². The first-order valence-electron chi connectivity index (χ1n) is 6.29. The molecule has 0 atom stereocenters. The van der Waals surface area contributed by atoms with E-state index in [2.05, 4.69) is 11.3 Å². The van der Waals surface area contributed by atoms with Crippen molar-refractivity contribution in [1.82, 2.24) is 4.72 Å². The zero-order chi connectivity index (χ0) is 14.6. The number of nitrogens with one attached hydrogen (secondary N) is 1. The highest BCUT2D eigenvalue weighted by atomic mass is 32.2. The minimum atomic E-state index is -3.65. The molecule has 1 N–H and O–H groups in total. The number of carbonyl (C=O) groups is 1. The van der Waals surface area contributed by atoms with Crippen LogP contribution in [-0.4, -0.2) is 19.1 Å². The highest BCUT2D eigenvalue weighted by Crippen LogP contribution is 2.19. The number of hydrogen-bond acceptors (Lipinski definition) is 3. The lowest BCUT2D eigenvalue weighted by atomic mass is 9.95. The van der Waals surface area contributed by atoms with E-state index in [1.165, 1.54) is 0 Å². The maximum atomic E-state index is 11.8. The molecule has 0 spiro atoms. The molecule has 18 heavy (non-hydrogen) atoms. The molecular weight excluding hydrogens is 250 g/mol. The van der Waals surface area contributed by atoms with Crippen molar-refractivity contribution in [2.24, 2.45) is 5.92 Å². The SMILES string of the molecule is C=C(CC(CC)CC)C(=O)NS(=O)(=O)C(C)(C)C. The molecule has 0 aliphatic heterocycles. The number of amides is 1. The van der Waals surface area contributed by atoms with Gasteiger partial charge in [0.25, 0.3) is 5.91 Å². The Morgan fingerprint density at radius 1 is 1.22 bits per heavy atom. The van der Waals surface area contributed by atoms with Crippen LogP contribution in [-0.2, 0) is 14.8 Å². The van der Waals surface area contributed by atoms with Crippen LogP contribution in [0.1, 0.15) is 53.9 Å². The second-order valence-corrected chi connectivity index (χ2v) is 7.97. The number of sulfonamides is 1. The van der Waals surface area contributed by atoms with Crippen molar-refractivity contribution in [2.45, 2.75) is 58.6 Å². The molecule has 0 aromatic carbocycles. The van der Waals surface area contributed by atoms with Gasteiger partial charge >= 0.3 is 0 Å². The maximum Gasteiger partial charge on any atom is 0.260 e. The van der Waals surface area contributed by atoms with E-state index < -0.39 is 20.7 Å². The van der Waals surface area contributed by atoms with E-state index in [0.717, 1.165) is 12.8 Å². The Morgan fingerprint density at radius 3 is 2.00 bits per heavy atom. The lowest BCUT2D eigenvalue weighted by molar-refractivity contribution is -0.116. The summed E-state index contributed by atoms with van der Waals surface area (Å²) < 4.78 is 24.7. The van der Waals surface area contributed by atoms with Crippen LogP contribution >= 0.6 is 0 Å². The fourth-order valence-corrected chi connectivity index (χ4v) is 2.06. The Morgan fingerprint density at radius 2 is 1.67 bits per heavy atom. The Balaban J connectivity index is 4.66. The normalized spacial score (nSPS) is 12.6. The average Bonchev–Trinajstić information content (AvgIpc) is 2.23. The lowest BCUT2D eigenvalue weighted by Crippen LogP contribution is -2.43. The highest BCUT2D eigenvalue weighted by Gasteiger charge is 2.31. The third-order valence-electron chi connectivity index (χ3n) is 3.04. The van der Waals surface area contributed by atoms with E-state index in [4.69, 9.17) is 0 Å². The summed E-state index contributed by atoms with van der Waals surface area (Å²) in [6.07, 6.45) is 2.45. The van der Waals surface area contributed by atoms with Crippen molar-refractivity contribution in [3.05, 3.63) is 12.2 Å². The first-order chi connectivity index (χ1) is 8.05. The number of hydrogen-bond donors (Lipinski definition) is 1. The van der Waals surface area contributed by atoms with Crippen molar-refractivity contribution in [2.75, 3.05) is 0 Å². The predicted octanol–water partition coefficient (Wildman–Crippen LogP) is 2.61. The first kappa shape index (κ1) is 17.2. The van der Waals surface area contributed by atoms with Crippen molar-refractivity contribution in [3.63, 3.8) is 0 Å². The van der Waals surface area contributed by atoms with Gasteiger partial charge in [0.1, 0.15) is 0 Å². The van der Waals surface area contributed by atoms with E-state index in [9.17, 15) is 13.2 Å². The van der Waals surface area contributed by atoms with Gasteiger partial charge in [-0.3, -0.25) is 4.79 Å². The molecule has 0 radical (unpaired) electrons. The predicted molar refractivity (Wildman–Crippen MR) is 74.6 cm³/mol. The van der Waals surface area contributed by atoms with E-state index in [0.29, 0.717) is 17.9 Å². The molecular formula is C13H25NO3S. The highest BCUT2D eigenvalue weighted by molar-refractivity contribution is 7.91. The van der Waals surface area contributed by atoms with Gasteiger partial charge in [-0.2, -0.15) is 0 Å². The van der Waals surface area contributed by atoms with Crippen LogP contribution in [0.4, 0.5) is 0 Å². The molecule has 0 aliphatic carbocycles. The van der Waals surface area contributed by atoms with Gasteiger partial charge in [-0.05, 0) is 33.1 Å². The molecule has 0 saturated carbocycles. The second-order valence-electron chi connectivity index (χ2n) is 5.54. The molecule has 1 amide bonds. The molecule has 0 aromatic rings. The monoisotopic (exact) mass is 275 g/mol. The van der Waals surface area contributed by atoms with Crippen LogP contribution in [0.2, 0.25) is 0 Å². The first-order valence-corrected chi connectivity index (χ1v) is 7.77. The summed E-state index contributed by atoms with van der Waals surface area (Å²) in [7, 11) is -3.65. The van der Waals surface area contributed by atoms with Crippen LogP contribution < -0.4 is 4.72 Å². The maximum absolute atomic E-state index is 11.8. The third-order valence-corrected chi connectivity index (χ3v) is 5.11. The minimum absolute atomic E-state index is 0.330. The molecule has 0 rings (SSSR count). The second kappa shape index (κ2) is 6.36. The number of carbonyl (C=O) groups excluding carboxylic acids is 1. The average molecular weight is 275 g/mol. The van der Waals surface area contributed by atoms with Gasteiger partial charge in [0.2, 0.25) is 10.0 Å². The van der Waals surface area contributed by atoms with Crippen LogP contribution in [0.15, 0.2) is 12.2 Å². The smallest absolute Gasteiger partial charge is 0.260 e. The van der Waals surface area contributed by atoms with Crippen LogP contribution in [0, 0.1) is 5.92 Å². The standard InChI is InChI=1S/C13H25NO3S/c1-7-11(8-2)9-10(3)12(15)14-18(16,17)13(4,5)6/h11H,3,7-9H2,1-2,4-6H3,(H,14,15). The van der Waals surface area contributed by atoms with Crippen molar-refractivity contribution in [3.8, 4) is 0 Å². The van der Waals surface area contributed by atoms with Gasteiger partial charge < -0.3 is 0 Å². The van der Waals surface area contributed by atoms with E-state index in [1.54, 1.807) is 20.8 Å². The number of rotatable bonds is 6. The van der Waals surface area contributed by atoms with Crippen molar-refractivity contribution in [1.29, 1.82) is 0 Å². The molecule has 0 aliphatic rings.